The molecular formula is C9H10N4O2. The molecule has 0 saturated heterocycles. The van der Waals surface area contributed by atoms with E-state index in [1.807, 2.05) is 0 Å². The molecule has 2 rings (SSSR count). The Morgan fingerprint density at radius 3 is 2.93 bits per heavy atom. The number of anilines is 1. The van der Waals surface area contributed by atoms with Crippen molar-refractivity contribution in [2.75, 3.05) is 19.4 Å². The maximum Gasteiger partial charge on any atom is 0.242 e. The van der Waals surface area contributed by atoms with Crippen LogP contribution in [-0.2, 0) is 9.59 Å². The summed E-state index contributed by atoms with van der Waals surface area (Å²) in [4.78, 5) is 32.4. The lowest BCUT2D eigenvalue weighted by Crippen LogP contribution is -2.32. The Labute approximate surface area is 86.3 Å². The molecule has 1 aromatic heterocycles. The molecule has 0 aromatic carbocycles. The molecule has 0 bridgehead atoms. The number of aromatic nitrogens is 2. The van der Waals surface area contributed by atoms with Crippen molar-refractivity contribution < 1.29 is 9.59 Å². The van der Waals surface area contributed by atoms with Crippen LogP contribution in [0.15, 0.2) is 12.5 Å². The highest BCUT2D eigenvalue weighted by molar-refractivity contribution is 6.15. The van der Waals surface area contributed by atoms with Crippen molar-refractivity contribution >= 4 is 17.6 Å². The van der Waals surface area contributed by atoms with Crippen LogP contribution >= 0.6 is 0 Å². The monoisotopic (exact) mass is 206 g/mol. The predicted octanol–water partition coefficient (Wildman–Crippen LogP) is -0.400. The van der Waals surface area contributed by atoms with Crippen LogP contribution in [0.5, 0.6) is 0 Å². The summed E-state index contributed by atoms with van der Waals surface area (Å²) in [6.07, 6.45) is 2.83. The number of hydrogen-bond acceptors (Lipinski definition) is 4. The first-order chi connectivity index (χ1) is 7.11. The van der Waals surface area contributed by atoms with Crippen LogP contribution in [-0.4, -0.2) is 40.8 Å². The topological polar surface area (TPSA) is 75.2 Å². The minimum absolute atomic E-state index is 0.263. The van der Waals surface area contributed by atoms with Crippen LogP contribution < -0.4 is 5.32 Å². The Hall–Kier alpha value is -1.98. The second-order valence-corrected chi connectivity index (χ2v) is 3.48. The van der Waals surface area contributed by atoms with Crippen molar-refractivity contribution in [1.82, 2.24) is 14.9 Å². The van der Waals surface area contributed by atoms with Crippen LogP contribution in [0.25, 0.3) is 0 Å². The minimum Gasteiger partial charge on any atom is -0.348 e. The Morgan fingerprint density at radius 2 is 2.27 bits per heavy atom. The zero-order chi connectivity index (χ0) is 11.0. The van der Waals surface area contributed by atoms with Crippen LogP contribution in [0, 0.1) is 0 Å². The molecule has 0 fully saturated rings. The van der Waals surface area contributed by atoms with Crippen molar-refractivity contribution in [2.45, 2.75) is 5.92 Å². The van der Waals surface area contributed by atoms with Gasteiger partial charge in [0.05, 0.1) is 0 Å². The molecule has 78 valence electrons. The average molecular weight is 206 g/mol. The fraction of sp³-hybridized carbons (Fsp3) is 0.333. The molecule has 2 amide bonds. The summed E-state index contributed by atoms with van der Waals surface area (Å²) >= 11 is 0. The first kappa shape index (κ1) is 9.57. The van der Waals surface area contributed by atoms with Crippen molar-refractivity contribution in [3.05, 3.63) is 18.1 Å². The Balaban J connectivity index is 2.42. The van der Waals surface area contributed by atoms with Gasteiger partial charge in [-0.3, -0.25) is 9.59 Å². The van der Waals surface area contributed by atoms with Gasteiger partial charge in [0.2, 0.25) is 11.8 Å². The number of carbonyl (C=O) groups excluding carboxylic acids is 2. The normalized spacial score (nSPS) is 18.3. The van der Waals surface area contributed by atoms with E-state index >= 15 is 0 Å². The third-order valence-electron chi connectivity index (χ3n) is 2.24. The summed E-state index contributed by atoms with van der Waals surface area (Å²) in [6.45, 7) is 0. The largest absolute Gasteiger partial charge is 0.348 e. The van der Waals surface area contributed by atoms with Gasteiger partial charge in [-0.2, -0.15) is 0 Å². The van der Waals surface area contributed by atoms with Gasteiger partial charge in [0.15, 0.2) is 0 Å². The Kier molecular flexibility index (Phi) is 2.11. The molecule has 2 heterocycles. The molecule has 0 saturated carbocycles. The van der Waals surface area contributed by atoms with E-state index in [4.69, 9.17) is 0 Å². The van der Waals surface area contributed by atoms with Gasteiger partial charge in [0.1, 0.15) is 18.1 Å². The molecule has 6 nitrogen and oxygen atoms in total. The number of amides is 2. The fourth-order valence-corrected chi connectivity index (χ4v) is 1.49. The van der Waals surface area contributed by atoms with E-state index in [2.05, 4.69) is 15.3 Å². The zero-order valence-corrected chi connectivity index (χ0v) is 8.39. The number of hydrogen-bond donors (Lipinski definition) is 1. The van der Waals surface area contributed by atoms with Crippen LogP contribution in [0.4, 0.5) is 5.82 Å². The fourth-order valence-electron chi connectivity index (χ4n) is 1.49. The Morgan fingerprint density at radius 1 is 1.53 bits per heavy atom. The van der Waals surface area contributed by atoms with Gasteiger partial charge in [-0.05, 0) is 0 Å². The highest BCUT2D eigenvalue weighted by Gasteiger charge is 2.38. The molecule has 15 heavy (non-hydrogen) atoms. The standard InChI is InChI=1S/C9H10N4O2/c1-13(2)9(15)6-5-3-10-4-11-7(5)12-8(6)14/h3-4,6H,1-2H3,(H,10,11,12,14). The number of nitrogens with zero attached hydrogens (tertiary/aromatic N) is 3. The minimum atomic E-state index is -0.809. The molecule has 1 N–H and O–H groups in total. The van der Waals surface area contributed by atoms with Crippen molar-refractivity contribution in [3.63, 3.8) is 0 Å². The second-order valence-electron chi connectivity index (χ2n) is 3.48. The van der Waals surface area contributed by atoms with E-state index in [0.29, 0.717) is 11.4 Å². The maximum atomic E-state index is 11.7. The lowest BCUT2D eigenvalue weighted by Gasteiger charge is -2.14. The van der Waals surface area contributed by atoms with Gasteiger partial charge in [-0.1, -0.05) is 0 Å². The van der Waals surface area contributed by atoms with Crippen molar-refractivity contribution in [2.24, 2.45) is 0 Å². The number of nitrogens with one attached hydrogen (secondary N) is 1. The van der Waals surface area contributed by atoms with Gasteiger partial charge in [-0.25, -0.2) is 9.97 Å². The lowest BCUT2D eigenvalue weighted by molar-refractivity contribution is -0.134. The highest BCUT2D eigenvalue weighted by Crippen LogP contribution is 2.30. The van der Waals surface area contributed by atoms with Gasteiger partial charge < -0.3 is 10.2 Å². The van der Waals surface area contributed by atoms with Crippen LogP contribution in [0.1, 0.15) is 11.5 Å². The summed E-state index contributed by atoms with van der Waals surface area (Å²) in [5, 5.41) is 2.55. The summed E-state index contributed by atoms with van der Waals surface area (Å²) < 4.78 is 0. The van der Waals surface area contributed by atoms with Crippen LogP contribution in [0.3, 0.4) is 0 Å². The smallest absolute Gasteiger partial charge is 0.242 e. The molecule has 1 atom stereocenters. The molecular weight excluding hydrogens is 196 g/mol. The third kappa shape index (κ3) is 1.43. The highest BCUT2D eigenvalue weighted by atomic mass is 16.2. The lowest BCUT2D eigenvalue weighted by atomic mass is 10.0. The number of carbonyl (C=O) groups is 2. The molecule has 6 heteroatoms. The molecule has 1 aliphatic heterocycles. The zero-order valence-electron chi connectivity index (χ0n) is 8.39. The predicted molar refractivity (Wildman–Crippen MR) is 52.1 cm³/mol. The quantitative estimate of drug-likeness (QED) is 0.634. The summed E-state index contributed by atoms with van der Waals surface area (Å²) in [6, 6.07) is 0. The van der Waals surface area contributed by atoms with Crippen molar-refractivity contribution in [3.8, 4) is 0 Å². The van der Waals surface area contributed by atoms with E-state index in [9.17, 15) is 9.59 Å². The Bertz CT molecular complexity index is 430. The van der Waals surface area contributed by atoms with E-state index in [-0.39, 0.29) is 11.8 Å². The number of fused-ring (bicyclic) bond motifs is 1. The van der Waals surface area contributed by atoms with Crippen LogP contribution in [0.2, 0.25) is 0 Å². The van der Waals surface area contributed by atoms with Crippen molar-refractivity contribution in [1.29, 1.82) is 0 Å². The van der Waals surface area contributed by atoms with E-state index < -0.39 is 5.92 Å². The molecule has 1 unspecified atom stereocenters. The molecule has 1 aromatic rings. The number of likely N-dealkylation sites (N-methyl/N-ethyl adjacent to an activating group) is 1. The molecule has 0 spiro atoms. The third-order valence-corrected chi connectivity index (χ3v) is 2.24. The molecule has 0 radical (unpaired) electrons. The molecule has 1 aliphatic rings. The maximum absolute atomic E-state index is 11.7. The van der Waals surface area contributed by atoms with E-state index in [0.717, 1.165) is 0 Å². The number of rotatable bonds is 1. The van der Waals surface area contributed by atoms with E-state index in [1.54, 1.807) is 14.1 Å². The first-order valence-corrected chi connectivity index (χ1v) is 4.43. The summed E-state index contributed by atoms with van der Waals surface area (Å²) in [7, 11) is 3.22. The van der Waals surface area contributed by atoms with Gasteiger partial charge in [0, 0.05) is 25.9 Å². The van der Waals surface area contributed by atoms with Gasteiger partial charge in [0.25, 0.3) is 0 Å². The average Bonchev–Trinajstić information content (AvgIpc) is 2.52. The summed E-state index contributed by atoms with van der Waals surface area (Å²) in [5.41, 5.74) is 0.543. The van der Waals surface area contributed by atoms with Gasteiger partial charge in [-0.15, -0.1) is 0 Å². The van der Waals surface area contributed by atoms with E-state index in [1.165, 1.54) is 17.4 Å². The van der Waals surface area contributed by atoms with Gasteiger partial charge >= 0.3 is 0 Å². The molecule has 0 aliphatic carbocycles. The first-order valence-electron chi connectivity index (χ1n) is 4.43. The summed E-state index contributed by atoms with van der Waals surface area (Å²) in [5.74, 6) is -0.989. The SMILES string of the molecule is CN(C)C(=O)C1C(=O)Nc2ncncc21. The second kappa shape index (κ2) is 3.30.